The number of aromatic nitrogens is 8. The van der Waals surface area contributed by atoms with E-state index in [4.69, 9.17) is 45.1 Å². The van der Waals surface area contributed by atoms with Crippen LogP contribution in [-0.2, 0) is 43.9 Å². The first-order chi connectivity index (χ1) is 21.3. The topological polar surface area (TPSA) is 246 Å². The first kappa shape index (κ1) is 30.9. The number of imidazole rings is 2. The number of alkyl halides is 2. The Bertz CT molecular complexity index is 2010. The molecule has 0 saturated carbocycles. The molecule has 4 aromatic heterocycles. The highest BCUT2D eigenvalue weighted by atomic mass is 32.7. The lowest BCUT2D eigenvalue weighted by Gasteiger charge is -2.26. The van der Waals surface area contributed by atoms with Gasteiger partial charge in [0.1, 0.15) is 24.4 Å². The number of nitrogen functional groups attached to an aromatic ring is 1. The van der Waals surface area contributed by atoms with Crippen LogP contribution in [0.5, 0.6) is 0 Å². The molecule has 0 aromatic carbocycles. The van der Waals surface area contributed by atoms with Crippen molar-refractivity contribution in [1.29, 1.82) is 0 Å². The Balaban J connectivity index is 1.21. The van der Waals surface area contributed by atoms with E-state index in [0.29, 0.717) is 0 Å². The number of aromatic amines is 2. The molecule has 2 bridgehead atoms. The Hall–Kier alpha value is -2.69. The predicted molar refractivity (Wildman–Crippen MR) is 153 cm³/mol. The number of fused-ring (bicyclic) bond motifs is 5. The van der Waals surface area contributed by atoms with Gasteiger partial charge in [0.05, 0.1) is 32.2 Å². The maximum Gasteiger partial charge on any atom is 0.386 e. The molecule has 4 aromatic rings. The highest BCUT2D eigenvalue weighted by Crippen LogP contribution is 2.58. The number of rotatable bonds is 2. The van der Waals surface area contributed by atoms with Crippen LogP contribution in [0.15, 0.2) is 28.6 Å². The van der Waals surface area contributed by atoms with Crippen molar-refractivity contribution >= 4 is 65.8 Å². The summed E-state index contributed by atoms with van der Waals surface area (Å²) in [4.78, 5) is 55.8. The average molecular weight is 712 g/mol. The molecule has 25 heteroatoms. The van der Waals surface area contributed by atoms with Gasteiger partial charge >= 0.3 is 13.5 Å². The molecule has 7 rings (SSSR count). The van der Waals surface area contributed by atoms with Gasteiger partial charge in [0, 0.05) is 0 Å². The average Bonchev–Trinajstić information content (AvgIpc) is 3.72. The number of halogens is 2. The van der Waals surface area contributed by atoms with Crippen molar-refractivity contribution in [2.24, 2.45) is 0 Å². The molecule has 10 atom stereocenters. The standard InChI is InChI=1S/C20H21F2N9O10P2S2/c21-8-6-1-36-42(34,44)40-12-7(39-18(9(12)22)30-4-26-10-14(30)24-3-25-16(10)32)2-37-43(35,45)41-13(8)19(38-6)31-5-27-11-15(31)28-20(23)29-17(11)33/h3-9,12-13,18-19H,1-2H2,(H,34,44)(H,35,45)(H,24,25,32)(H3,23,28,29,33)/t6-,7?,8-,9+,12-,13-,18-,19-,42?,43?/m1/s1. The molecule has 5 N–H and O–H groups in total. The number of nitrogens with two attached hydrogens (primary N) is 1. The van der Waals surface area contributed by atoms with Gasteiger partial charge in [0.2, 0.25) is 5.95 Å². The SMILES string of the molecule is Nc1nc2c(ncn2[C@@H]2O[C@@H]3COP(O)(=S)O[C@@H]4C(COP(=O)(S)O[C@@H]2[C@@H]3F)O[C@@H](n2cnc3c(=O)[nH]cnc32)[C@H]4F)c(=O)[nH]1. The number of hydrogen-bond donors (Lipinski definition) is 5. The molecule has 0 spiro atoms. The molecular formula is C20H21F2N9O10P2S2. The second-order valence-electron chi connectivity index (χ2n) is 10.0. The smallest absolute Gasteiger partial charge is 0.369 e. The van der Waals surface area contributed by atoms with E-state index in [0.717, 1.165) is 28.1 Å². The van der Waals surface area contributed by atoms with Crippen molar-refractivity contribution in [1.82, 2.24) is 39.0 Å². The normalized spacial score (nSPS) is 37.7. The van der Waals surface area contributed by atoms with Gasteiger partial charge in [-0.25, -0.2) is 28.3 Å². The minimum atomic E-state index is -4.51. The molecule has 0 aliphatic carbocycles. The summed E-state index contributed by atoms with van der Waals surface area (Å²) in [6, 6.07) is 0. The summed E-state index contributed by atoms with van der Waals surface area (Å²) < 4.78 is 80.8. The first-order valence-electron chi connectivity index (χ1n) is 12.8. The molecule has 3 fully saturated rings. The van der Waals surface area contributed by atoms with Gasteiger partial charge in [0.25, 0.3) is 11.1 Å². The monoisotopic (exact) mass is 711 g/mol. The molecular weight excluding hydrogens is 690 g/mol. The summed E-state index contributed by atoms with van der Waals surface area (Å²) in [6.45, 7) is -10.3. The van der Waals surface area contributed by atoms with E-state index in [1.165, 1.54) is 0 Å². The van der Waals surface area contributed by atoms with Crippen LogP contribution in [0.2, 0.25) is 0 Å². The fraction of sp³-hybridized carbons (Fsp3) is 0.500. The fourth-order valence-electron chi connectivity index (χ4n) is 5.23. The second-order valence-corrected chi connectivity index (χ2v) is 15.7. The largest absolute Gasteiger partial charge is 0.386 e. The van der Waals surface area contributed by atoms with Crippen molar-refractivity contribution in [2.75, 3.05) is 18.9 Å². The van der Waals surface area contributed by atoms with Crippen LogP contribution in [0.4, 0.5) is 14.7 Å². The van der Waals surface area contributed by atoms with E-state index >= 15 is 8.78 Å². The molecule has 3 aliphatic heterocycles. The van der Waals surface area contributed by atoms with E-state index in [1.54, 1.807) is 0 Å². The Kier molecular flexibility index (Phi) is 7.72. The second kappa shape index (κ2) is 11.2. The number of thiol groups is 1. The molecule has 0 amide bonds. The third-order valence-corrected chi connectivity index (χ3v) is 10.4. The lowest BCUT2D eigenvalue weighted by atomic mass is 10.1. The summed E-state index contributed by atoms with van der Waals surface area (Å²) in [5.41, 5.74) is 3.99. The van der Waals surface area contributed by atoms with Crippen molar-refractivity contribution in [2.45, 2.75) is 49.2 Å². The van der Waals surface area contributed by atoms with Crippen molar-refractivity contribution in [3.05, 3.63) is 39.7 Å². The molecule has 45 heavy (non-hydrogen) atoms. The number of nitrogens with zero attached hydrogens (tertiary/aromatic N) is 6. The highest BCUT2D eigenvalue weighted by molar-refractivity contribution is 8.44. The van der Waals surface area contributed by atoms with Crippen LogP contribution in [-0.4, -0.2) is 93.9 Å². The zero-order valence-corrected chi connectivity index (χ0v) is 25.7. The van der Waals surface area contributed by atoms with Gasteiger partial charge in [-0.1, -0.05) is 12.2 Å². The number of H-pyrrole nitrogens is 2. The molecule has 0 radical (unpaired) electrons. The van der Waals surface area contributed by atoms with Gasteiger partial charge < -0.3 is 29.6 Å². The van der Waals surface area contributed by atoms with Crippen LogP contribution in [0, 0.1) is 0 Å². The highest BCUT2D eigenvalue weighted by Gasteiger charge is 2.54. The van der Waals surface area contributed by atoms with Gasteiger partial charge in [-0.3, -0.25) is 37.3 Å². The maximum atomic E-state index is 16.0. The van der Waals surface area contributed by atoms with Gasteiger partial charge in [-0.05, 0) is 11.8 Å². The number of hydrogen-bond acceptors (Lipinski definition) is 15. The molecule has 3 aliphatic rings. The third-order valence-electron chi connectivity index (χ3n) is 7.21. The van der Waals surface area contributed by atoms with E-state index in [-0.39, 0.29) is 28.3 Å². The summed E-state index contributed by atoms with van der Waals surface area (Å²) in [7, 11) is 0. The summed E-state index contributed by atoms with van der Waals surface area (Å²) in [5.74, 6) is -0.272. The van der Waals surface area contributed by atoms with E-state index in [2.05, 4.69) is 42.2 Å². The van der Waals surface area contributed by atoms with Crippen LogP contribution in [0.25, 0.3) is 22.3 Å². The van der Waals surface area contributed by atoms with Crippen LogP contribution in [0.1, 0.15) is 12.5 Å². The molecule has 7 heterocycles. The van der Waals surface area contributed by atoms with Crippen molar-refractivity contribution in [3.8, 4) is 0 Å². The zero-order valence-electron chi connectivity index (χ0n) is 22.2. The molecule has 19 nitrogen and oxygen atoms in total. The lowest BCUT2D eigenvalue weighted by Crippen LogP contribution is -2.34. The van der Waals surface area contributed by atoms with Gasteiger partial charge in [-0.15, -0.1) is 0 Å². The van der Waals surface area contributed by atoms with Crippen LogP contribution < -0.4 is 16.9 Å². The molecule has 3 unspecified atom stereocenters. The van der Waals surface area contributed by atoms with E-state index in [9.17, 15) is 19.0 Å². The number of nitrogens with one attached hydrogen (secondary N) is 2. The minimum absolute atomic E-state index is 0.0250. The Labute approximate surface area is 258 Å². The summed E-state index contributed by atoms with van der Waals surface area (Å²) in [5, 5.41) is 0. The quantitative estimate of drug-likeness (QED) is 0.139. The summed E-state index contributed by atoms with van der Waals surface area (Å²) in [6.07, 6.45) is -10.3. The lowest BCUT2D eigenvalue weighted by molar-refractivity contribution is -0.0578. The minimum Gasteiger partial charge on any atom is -0.369 e. The van der Waals surface area contributed by atoms with Gasteiger partial charge in [-0.2, -0.15) is 4.98 Å². The van der Waals surface area contributed by atoms with Crippen molar-refractivity contribution < 1.29 is 45.8 Å². The Morgan fingerprint density at radius 2 is 1.62 bits per heavy atom. The van der Waals surface area contributed by atoms with Crippen molar-refractivity contribution in [3.63, 3.8) is 0 Å². The predicted octanol–water partition coefficient (Wildman–Crippen LogP) is 0.378. The zero-order chi connectivity index (χ0) is 31.8. The maximum absolute atomic E-state index is 16.0. The molecule has 3 saturated heterocycles. The van der Waals surface area contributed by atoms with Crippen LogP contribution in [0.3, 0.4) is 0 Å². The summed E-state index contributed by atoms with van der Waals surface area (Å²) >= 11 is 9.07. The number of anilines is 1. The first-order valence-corrected chi connectivity index (χ1v) is 18.1. The van der Waals surface area contributed by atoms with E-state index < -0.39 is 87.1 Å². The van der Waals surface area contributed by atoms with Crippen LogP contribution >= 0.6 is 25.8 Å². The van der Waals surface area contributed by atoms with E-state index in [1.807, 2.05) is 0 Å². The number of ether oxygens (including phenoxy) is 2. The Morgan fingerprint density at radius 1 is 0.956 bits per heavy atom. The van der Waals surface area contributed by atoms with Gasteiger partial charge in [0.15, 0.2) is 47.1 Å². The fourth-order valence-corrected chi connectivity index (χ4v) is 8.11. The molecule has 242 valence electrons. The third kappa shape index (κ3) is 5.54. The Morgan fingerprint density at radius 3 is 2.38 bits per heavy atom.